The van der Waals surface area contributed by atoms with E-state index in [1.165, 1.54) is 7.11 Å². The zero-order valence-corrected chi connectivity index (χ0v) is 11.9. The van der Waals surface area contributed by atoms with Gasteiger partial charge < -0.3 is 9.47 Å². The number of ether oxygens (including phenoxy) is 2. The summed E-state index contributed by atoms with van der Waals surface area (Å²) in [5, 5.41) is 0. The Labute approximate surface area is 106 Å². The van der Waals surface area contributed by atoms with Crippen LogP contribution in [0.3, 0.4) is 0 Å². The third-order valence-electron chi connectivity index (χ3n) is 2.17. The number of hydrogen-bond donors (Lipinski definition) is 0. The van der Waals surface area contributed by atoms with E-state index in [2.05, 4.69) is 4.18 Å². The van der Waals surface area contributed by atoms with Crippen molar-refractivity contribution in [3.63, 3.8) is 0 Å². The first-order valence-corrected chi connectivity index (χ1v) is 8.65. The fraction of sp³-hybridized carbons (Fsp3) is 1.00. The van der Waals surface area contributed by atoms with Crippen molar-refractivity contribution in [1.29, 1.82) is 0 Å². The zero-order chi connectivity index (χ0) is 14.0. The van der Waals surface area contributed by atoms with E-state index in [1.807, 2.05) is 0 Å². The van der Waals surface area contributed by atoms with Gasteiger partial charge in [0.1, 0.15) is 12.2 Å². The number of hydrogen-bond acceptors (Lipinski definition) is 8. The van der Waals surface area contributed by atoms with Gasteiger partial charge in [-0.1, -0.05) is 0 Å². The molecule has 0 aromatic rings. The molecule has 0 saturated carbocycles. The Balaban J connectivity index is 2.67. The van der Waals surface area contributed by atoms with Gasteiger partial charge in [-0.25, -0.2) is 0 Å². The molecule has 1 aliphatic heterocycles. The van der Waals surface area contributed by atoms with Crippen LogP contribution in [0.5, 0.6) is 0 Å². The summed E-state index contributed by atoms with van der Waals surface area (Å²) in [6.45, 7) is -0.321. The highest BCUT2D eigenvalue weighted by Crippen LogP contribution is 2.25. The lowest BCUT2D eigenvalue weighted by molar-refractivity contribution is -0.123. The molecule has 1 fully saturated rings. The topological polar surface area (TPSA) is 105 Å². The summed E-state index contributed by atoms with van der Waals surface area (Å²) in [5.41, 5.74) is 0. The molecule has 0 bridgehead atoms. The van der Waals surface area contributed by atoms with E-state index >= 15 is 0 Å². The van der Waals surface area contributed by atoms with Crippen molar-refractivity contribution >= 4 is 20.2 Å². The Hall–Kier alpha value is -0.260. The van der Waals surface area contributed by atoms with E-state index in [0.29, 0.717) is 0 Å². The molecule has 108 valence electrons. The third-order valence-corrected chi connectivity index (χ3v) is 3.33. The Bertz CT molecular complexity index is 467. The van der Waals surface area contributed by atoms with Crippen LogP contribution in [0.25, 0.3) is 0 Å². The maximum atomic E-state index is 11.1. The summed E-state index contributed by atoms with van der Waals surface area (Å²) in [4.78, 5) is 0. The van der Waals surface area contributed by atoms with E-state index in [4.69, 9.17) is 13.7 Å². The molecule has 0 aromatic carbocycles. The highest BCUT2D eigenvalue weighted by Gasteiger charge is 2.39. The van der Waals surface area contributed by atoms with Gasteiger partial charge in [0.05, 0.1) is 19.1 Å². The molecule has 0 amide bonds. The molecular weight excluding hydrogens is 288 g/mol. The van der Waals surface area contributed by atoms with E-state index in [0.717, 1.165) is 12.5 Å². The first-order valence-electron chi connectivity index (χ1n) is 5.01. The number of rotatable bonds is 6. The lowest BCUT2D eigenvalue weighted by Gasteiger charge is -2.16. The van der Waals surface area contributed by atoms with Crippen molar-refractivity contribution < 1.29 is 34.7 Å². The fourth-order valence-electron chi connectivity index (χ4n) is 1.49. The van der Waals surface area contributed by atoms with Crippen molar-refractivity contribution in [2.75, 3.05) is 26.2 Å². The number of methoxy groups -OCH3 is 1. The molecule has 10 heteroatoms. The van der Waals surface area contributed by atoms with Gasteiger partial charge in [0.25, 0.3) is 20.2 Å². The molecule has 1 rings (SSSR count). The van der Waals surface area contributed by atoms with Crippen molar-refractivity contribution in [3.8, 4) is 0 Å². The van der Waals surface area contributed by atoms with Crippen molar-refractivity contribution in [2.24, 2.45) is 0 Å². The van der Waals surface area contributed by atoms with E-state index in [1.54, 1.807) is 0 Å². The van der Waals surface area contributed by atoms with Gasteiger partial charge in [-0.15, -0.1) is 0 Å². The predicted octanol–water partition coefficient (Wildman–Crippen LogP) is -0.931. The molecule has 1 aliphatic rings. The van der Waals surface area contributed by atoms with Gasteiger partial charge >= 0.3 is 0 Å². The van der Waals surface area contributed by atoms with Crippen LogP contribution in [0.2, 0.25) is 0 Å². The molecule has 0 aromatic heterocycles. The van der Waals surface area contributed by atoms with Gasteiger partial charge in [-0.2, -0.15) is 16.8 Å². The first kappa shape index (κ1) is 15.8. The molecule has 0 spiro atoms. The first-order chi connectivity index (χ1) is 8.11. The molecule has 8 nitrogen and oxygen atoms in total. The smallest absolute Gasteiger partial charge is 0.264 e. The molecule has 18 heavy (non-hydrogen) atoms. The van der Waals surface area contributed by atoms with Gasteiger partial charge in [0.2, 0.25) is 0 Å². The Morgan fingerprint density at radius 2 is 1.78 bits per heavy atom. The zero-order valence-electron chi connectivity index (χ0n) is 10.2. The second-order valence-corrected chi connectivity index (χ2v) is 7.15. The minimum atomic E-state index is -3.67. The van der Waals surface area contributed by atoms with Crippen LogP contribution in [0.15, 0.2) is 0 Å². The second-order valence-electron chi connectivity index (χ2n) is 3.90. The molecule has 1 saturated heterocycles. The SMILES string of the molecule is COC1C[C@H](OS(C)(=O)=O)[C@@H](COS(C)(=O)=O)O1. The third kappa shape index (κ3) is 5.59. The van der Waals surface area contributed by atoms with Crippen LogP contribution in [0, 0.1) is 0 Å². The summed E-state index contributed by atoms with van der Waals surface area (Å²) in [6.07, 6.45) is -0.318. The van der Waals surface area contributed by atoms with Crippen LogP contribution >= 0.6 is 0 Å². The summed E-state index contributed by atoms with van der Waals surface area (Å²) in [6, 6.07) is 0. The molecule has 1 unspecified atom stereocenters. The van der Waals surface area contributed by atoms with Crippen molar-refractivity contribution in [2.45, 2.75) is 24.9 Å². The minimum absolute atomic E-state index is 0.182. The Morgan fingerprint density at radius 3 is 2.22 bits per heavy atom. The molecule has 0 N–H and O–H groups in total. The quantitative estimate of drug-likeness (QED) is 0.579. The van der Waals surface area contributed by atoms with Gasteiger partial charge in [0.15, 0.2) is 6.29 Å². The summed E-state index contributed by atoms with van der Waals surface area (Å²) in [5.74, 6) is 0. The van der Waals surface area contributed by atoms with Crippen LogP contribution < -0.4 is 0 Å². The average molecular weight is 304 g/mol. The van der Waals surface area contributed by atoms with Gasteiger partial charge in [-0.3, -0.25) is 8.37 Å². The molecule has 3 atom stereocenters. The normalized spacial score (nSPS) is 29.6. The highest BCUT2D eigenvalue weighted by atomic mass is 32.2. The van der Waals surface area contributed by atoms with Gasteiger partial charge in [0, 0.05) is 13.5 Å². The Kier molecular flexibility index (Phi) is 5.09. The average Bonchev–Trinajstić information content (AvgIpc) is 2.54. The second kappa shape index (κ2) is 5.80. The minimum Gasteiger partial charge on any atom is -0.356 e. The van der Waals surface area contributed by atoms with E-state index in [-0.39, 0.29) is 13.0 Å². The predicted molar refractivity (Wildman–Crippen MR) is 60.8 cm³/mol. The summed E-state index contributed by atoms with van der Waals surface area (Å²) < 4.78 is 63.4. The van der Waals surface area contributed by atoms with Crippen LogP contribution in [-0.4, -0.2) is 61.6 Å². The Morgan fingerprint density at radius 1 is 1.17 bits per heavy atom. The fourth-order valence-corrected chi connectivity index (χ4v) is 2.53. The highest BCUT2D eigenvalue weighted by molar-refractivity contribution is 7.86. The molecule has 0 aliphatic carbocycles. The van der Waals surface area contributed by atoms with Crippen LogP contribution in [0.1, 0.15) is 6.42 Å². The standard InChI is InChI=1S/C8H16O8S2/c1-13-8-4-6(16-18(3,11)12)7(15-8)5-14-17(2,9)10/h6-8H,4-5H2,1-3H3/t6-,7+,8?/m0/s1. The van der Waals surface area contributed by atoms with Crippen LogP contribution in [0.4, 0.5) is 0 Å². The lowest BCUT2D eigenvalue weighted by Crippen LogP contribution is -2.31. The maximum Gasteiger partial charge on any atom is 0.264 e. The maximum absolute atomic E-state index is 11.1. The molecule has 0 radical (unpaired) electrons. The van der Waals surface area contributed by atoms with E-state index < -0.39 is 38.7 Å². The monoisotopic (exact) mass is 304 g/mol. The largest absolute Gasteiger partial charge is 0.356 e. The molecular formula is C8H16O8S2. The van der Waals surface area contributed by atoms with Crippen molar-refractivity contribution in [1.82, 2.24) is 0 Å². The van der Waals surface area contributed by atoms with Crippen molar-refractivity contribution in [3.05, 3.63) is 0 Å². The van der Waals surface area contributed by atoms with Crippen LogP contribution in [-0.2, 0) is 38.1 Å². The molecule has 1 heterocycles. The van der Waals surface area contributed by atoms with E-state index in [9.17, 15) is 16.8 Å². The lowest BCUT2D eigenvalue weighted by atomic mass is 10.2. The summed E-state index contributed by atoms with van der Waals surface area (Å²) in [7, 11) is -5.90. The summed E-state index contributed by atoms with van der Waals surface area (Å²) >= 11 is 0. The van der Waals surface area contributed by atoms with Gasteiger partial charge in [-0.05, 0) is 0 Å².